The summed E-state index contributed by atoms with van der Waals surface area (Å²) >= 11 is 0. The molecule has 0 fully saturated rings. The fourth-order valence-electron chi connectivity index (χ4n) is 6.58. The maximum absolute atomic E-state index is 11.9. The molecule has 0 bridgehead atoms. The summed E-state index contributed by atoms with van der Waals surface area (Å²) in [5.74, 6) is 0. The van der Waals surface area contributed by atoms with Crippen LogP contribution >= 0.6 is 0 Å². The summed E-state index contributed by atoms with van der Waals surface area (Å²) in [6, 6.07) is 39.3. The third-order valence-corrected chi connectivity index (χ3v) is 11.6. The Bertz CT molecular complexity index is 3260. The minimum atomic E-state index is -4.46. The Morgan fingerprint density at radius 1 is 0.328 bits per heavy atom. The Balaban J connectivity index is 0.948. The summed E-state index contributed by atoms with van der Waals surface area (Å²) in [6.07, 6.45) is 0. The number of nitrogens with two attached hydrogens (primary N) is 4. The van der Waals surface area contributed by atoms with Crippen molar-refractivity contribution < 1.29 is 25.9 Å². The van der Waals surface area contributed by atoms with Crippen molar-refractivity contribution in [2.75, 3.05) is 22.9 Å². The van der Waals surface area contributed by atoms with Crippen molar-refractivity contribution in [3.8, 4) is 11.1 Å². The summed E-state index contributed by atoms with van der Waals surface area (Å²) in [4.78, 5) is -0.488. The second kappa shape index (κ2) is 17.2. The second-order valence-corrected chi connectivity index (χ2v) is 16.8. The Morgan fingerprint density at radius 2 is 0.625 bits per heavy atom. The van der Waals surface area contributed by atoms with Crippen LogP contribution in [0, 0.1) is 0 Å². The van der Waals surface area contributed by atoms with Crippen LogP contribution in [0.15, 0.2) is 196 Å². The van der Waals surface area contributed by atoms with E-state index in [0.29, 0.717) is 44.9 Å². The van der Waals surface area contributed by atoms with Crippen LogP contribution in [-0.4, -0.2) is 25.9 Å². The van der Waals surface area contributed by atoms with E-state index in [1.165, 1.54) is 48.5 Å². The van der Waals surface area contributed by atoms with E-state index in [9.17, 15) is 25.9 Å². The van der Waals surface area contributed by atoms with Crippen molar-refractivity contribution in [2.24, 2.45) is 40.9 Å². The monoisotopic (exact) mass is 890 g/mol. The molecule has 0 aliphatic carbocycles. The molecule has 10 N–H and O–H groups in total. The van der Waals surface area contributed by atoms with Crippen LogP contribution in [0.25, 0.3) is 32.7 Å². The summed E-state index contributed by atoms with van der Waals surface area (Å²) < 4.78 is 66.9. The number of benzene rings is 8. The van der Waals surface area contributed by atoms with Gasteiger partial charge in [0.25, 0.3) is 20.2 Å². The summed E-state index contributed by atoms with van der Waals surface area (Å²) in [7, 11) is -8.93. The third-order valence-electron chi connectivity index (χ3n) is 9.78. The lowest BCUT2D eigenvalue weighted by Crippen LogP contribution is -1.98. The van der Waals surface area contributed by atoms with E-state index >= 15 is 0 Å². The second-order valence-electron chi connectivity index (χ2n) is 14.0. The van der Waals surface area contributed by atoms with E-state index in [-0.39, 0.29) is 54.7 Å². The van der Waals surface area contributed by atoms with Crippen LogP contribution in [0.5, 0.6) is 0 Å². The lowest BCUT2D eigenvalue weighted by atomic mass is 10.1. The number of nitrogens with zero attached hydrogens (tertiary/aromatic N) is 8. The standard InChI is InChI=1S/C44H34N12O6S2/c45-33-21-35(47)41(55-51-37-17-19-43(63(57,58)59)31-7-3-1-5-29(31)37)23-39(33)53-49-27-13-9-25(10-14-27)26-11-15-28(16-12-26)50-54-40-24-42(36(48)22-34(40)46)56-52-38-18-20-44(64(60,61)62)32-8-4-2-6-30(32)38/h1-24H,45-48H2,(H,57,58,59)(H,60,61,62). The van der Waals surface area contributed by atoms with Gasteiger partial charge in [0.2, 0.25) is 0 Å². The molecule has 0 amide bonds. The Morgan fingerprint density at radius 3 is 0.953 bits per heavy atom. The smallest absolute Gasteiger partial charge is 0.295 e. The van der Waals surface area contributed by atoms with Crippen molar-refractivity contribution in [3.63, 3.8) is 0 Å². The molecule has 0 unspecified atom stereocenters. The van der Waals surface area contributed by atoms with E-state index in [4.69, 9.17) is 22.9 Å². The SMILES string of the molecule is Nc1cc(N)c(N=Nc2ccc(S(=O)(=O)O)c3ccccc23)cc1N=Nc1ccc(-c2ccc(N=Nc3cc(N=Nc4ccc(S(=O)(=O)O)c5ccccc45)c(N)cc3N)cc2)cc1. The van der Waals surface area contributed by atoms with Crippen molar-refractivity contribution in [2.45, 2.75) is 9.79 Å². The van der Waals surface area contributed by atoms with E-state index in [2.05, 4.69) is 40.9 Å². The van der Waals surface area contributed by atoms with Gasteiger partial charge in [-0.15, -0.1) is 30.7 Å². The molecule has 64 heavy (non-hydrogen) atoms. The average Bonchev–Trinajstić information content (AvgIpc) is 3.27. The van der Waals surface area contributed by atoms with Gasteiger partial charge < -0.3 is 22.9 Å². The molecule has 318 valence electrons. The number of nitrogen functional groups attached to an aromatic ring is 4. The van der Waals surface area contributed by atoms with Gasteiger partial charge >= 0.3 is 0 Å². The molecule has 8 rings (SSSR count). The minimum absolute atomic E-state index is 0.236. The predicted molar refractivity (Wildman–Crippen MR) is 247 cm³/mol. The number of rotatable bonds is 11. The predicted octanol–water partition coefficient (Wildman–Crippen LogP) is 12.1. The van der Waals surface area contributed by atoms with E-state index in [1.54, 1.807) is 72.8 Å². The van der Waals surface area contributed by atoms with Crippen LogP contribution in [0.3, 0.4) is 0 Å². The van der Waals surface area contributed by atoms with Crippen LogP contribution < -0.4 is 22.9 Å². The molecule has 0 heterocycles. The lowest BCUT2D eigenvalue weighted by Gasteiger charge is -2.07. The number of azo groups is 4. The topological polar surface area (TPSA) is 312 Å². The molecule has 0 saturated heterocycles. The van der Waals surface area contributed by atoms with Crippen LogP contribution in [0.2, 0.25) is 0 Å². The first-order valence-electron chi connectivity index (χ1n) is 18.9. The highest BCUT2D eigenvalue weighted by Crippen LogP contribution is 2.39. The highest BCUT2D eigenvalue weighted by atomic mass is 32.2. The molecule has 0 radical (unpaired) electrons. The highest BCUT2D eigenvalue weighted by molar-refractivity contribution is 7.86. The van der Waals surface area contributed by atoms with Gasteiger partial charge in [0.15, 0.2) is 0 Å². The lowest BCUT2D eigenvalue weighted by molar-refractivity contribution is 0.482. The van der Waals surface area contributed by atoms with E-state index in [1.807, 2.05) is 24.3 Å². The first-order valence-corrected chi connectivity index (χ1v) is 21.7. The Labute approximate surface area is 364 Å². The molecule has 8 aromatic rings. The molecule has 0 saturated carbocycles. The minimum Gasteiger partial charge on any atom is -0.397 e. The maximum atomic E-state index is 11.9. The summed E-state index contributed by atoms with van der Waals surface area (Å²) in [5, 5.41) is 35.9. The van der Waals surface area contributed by atoms with Crippen LogP contribution in [-0.2, 0) is 20.2 Å². The quantitative estimate of drug-likeness (QED) is 0.0405. The molecular formula is C44H34N12O6S2. The zero-order valence-electron chi connectivity index (χ0n) is 33.1. The fraction of sp³-hybridized carbons (Fsp3) is 0. The largest absolute Gasteiger partial charge is 0.397 e. The summed E-state index contributed by atoms with van der Waals surface area (Å²) in [6.45, 7) is 0. The van der Waals surface area contributed by atoms with Crippen LogP contribution in [0.1, 0.15) is 0 Å². The molecule has 0 atom stereocenters. The fourth-order valence-corrected chi connectivity index (χ4v) is 7.98. The molecule has 0 spiro atoms. The van der Waals surface area contributed by atoms with Gasteiger partial charge in [-0.2, -0.15) is 27.1 Å². The van der Waals surface area contributed by atoms with Gasteiger partial charge in [0.05, 0.1) is 45.5 Å². The Kier molecular flexibility index (Phi) is 11.4. The molecule has 0 aliphatic heterocycles. The van der Waals surface area contributed by atoms with Crippen LogP contribution in [0.4, 0.5) is 68.2 Å². The molecular weight excluding hydrogens is 857 g/mol. The van der Waals surface area contributed by atoms with Gasteiger partial charge in [0.1, 0.15) is 32.5 Å². The molecule has 8 aromatic carbocycles. The van der Waals surface area contributed by atoms with Crippen molar-refractivity contribution >= 4 is 110 Å². The molecule has 0 aliphatic rings. The zero-order chi connectivity index (χ0) is 45.2. The summed E-state index contributed by atoms with van der Waals surface area (Å²) in [5.41, 5.74) is 30.5. The van der Waals surface area contributed by atoms with E-state index < -0.39 is 20.2 Å². The number of anilines is 4. The van der Waals surface area contributed by atoms with E-state index in [0.717, 1.165) is 11.1 Å². The molecule has 0 aromatic heterocycles. The number of hydrogen-bond donors (Lipinski definition) is 6. The third kappa shape index (κ3) is 9.15. The number of hydrogen-bond acceptors (Lipinski definition) is 16. The molecule has 20 heteroatoms. The van der Waals surface area contributed by atoms with Gasteiger partial charge in [-0.3, -0.25) is 9.11 Å². The van der Waals surface area contributed by atoms with Gasteiger partial charge in [-0.25, -0.2) is 0 Å². The maximum Gasteiger partial charge on any atom is 0.295 e. The Hall–Kier alpha value is -8.30. The normalized spacial score (nSPS) is 12.5. The number of fused-ring (bicyclic) bond motifs is 2. The van der Waals surface area contributed by atoms with Crippen molar-refractivity contribution in [3.05, 3.63) is 146 Å². The van der Waals surface area contributed by atoms with Gasteiger partial charge in [-0.05, 0) is 83.9 Å². The zero-order valence-corrected chi connectivity index (χ0v) is 34.7. The van der Waals surface area contributed by atoms with Crippen molar-refractivity contribution in [1.82, 2.24) is 0 Å². The molecule has 18 nitrogen and oxygen atoms in total. The first kappa shape index (κ1) is 42.4. The van der Waals surface area contributed by atoms with Gasteiger partial charge in [-0.1, -0.05) is 72.8 Å². The first-order chi connectivity index (χ1) is 30.6. The highest BCUT2D eigenvalue weighted by Gasteiger charge is 2.17. The van der Waals surface area contributed by atoms with Gasteiger partial charge in [0, 0.05) is 21.5 Å². The average molecular weight is 891 g/mol. The van der Waals surface area contributed by atoms with Crippen molar-refractivity contribution in [1.29, 1.82) is 0 Å².